The Morgan fingerprint density at radius 3 is 1.89 bits per heavy atom. The van der Waals surface area contributed by atoms with E-state index in [-0.39, 0.29) is 11.5 Å². The third-order valence-corrected chi connectivity index (χ3v) is 5.58. The number of aliphatic hydroxyl groups is 5. The Bertz CT molecular complexity index is 445. The molecule has 0 aromatic carbocycles. The van der Waals surface area contributed by atoms with Gasteiger partial charge in [0.2, 0.25) is 0 Å². The van der Waals surface area contributed by atoms with Gasteiger partial charge in [0.1, 0.15) is 36.6 Å². The number of rotatable bonds is 8. The zero-order chi connectivity index (χ0) is 20.1. The van der Waals surface area contributed by atoms with Crippen molar-refractivity contribution >= 4 is 37.9 Å². The minimum absolute atomic E-state index is 0.0776. The maximum Gasteiger partial charge on any atom is 0.187 e. The van der Waals surface area contributed by atoms with E-state index in [0.717, 1.165) is 0 Å². The zero-order valence-electron chi connectivity index (χ0n) is 14.5. The molecule has 0 bridgehead atoms. The van der Waals surface area contributed by atoms with E-state index < -0.39 is 61.4 Å². The van der Waals surface area contributed by atoms with E-state index in [2.05, 4.69) is 37.9 Å². The minimum Gasteiger partial charge on any atom is -0.388 e. The van der Waals surface area contributed by atoms with E-state index in [4.69, 9.17) is 18.9 Å². The minimum atomic E-state index is -1.56. The van der Waals surface area contributed by atoms with Crippen LogP contribution >= 0.6 is 37.9 Å². The Labute approximate surface area is 174 Å². The van der Waals surface area contributed by atoms with Crippen LogP contribution < -0.4 is 0 Å². The lowest BCUT2D eigenvalue weighted by Crippen LogP contribution is -2.64. The smallest absolute Gasteiger partial charge is 0.187 e. The molecule has 0 aromatic heterocycles. The van der Waals surface area contributed by atoms with E-state index in [1.165, 1.54) is 0 Å². The average molecular weight is 449 g/mol. The molecule has 0 saturated carbocycles. The fraction of sp³-hybridized carbons (Fsp3) is 1.00. The summed E-state index contributed by atoms with van der Waals surface area (Å²) in [5, 5.41) is 50.7. The summed E-state index contributed by atoms with van der Waals surface area (Å²) in [6.07, 6.45) is -11.8. The number of hydrogen-bond donors (Lipinski definition) is 8. The SMILES string of the molecule is OC1[C@@H](O)C(CS)O[C@@H](O[C@@H]2C(CS)O[C@@H](OCCCS)[C@@H](O)C2O)[C@H]1O. The average Bonchev–Trinajstić information content (AvgIpc) is 2.67. The summed E-state index contributed by atoms with van der Waals surface area (Å²) in [5.41, 5.74) is 0. The number of thiol groups is 3. The van der Waals surface area contributed by atoms with Crippen molar-refractivity contribution in [3.63, 3.8) is 0 Å². The standard InChI is InChI=1S/C15H28O9S3/c16-8-6(4-26)22-15(11(19)9(8)17)24-13-7(5-27)23-14(12(20)10(13)18)21-2-1-3-25/h6-20,25-27H,1-5H2/t6?,7?,8-,9?,10?,11-,12-,13+,14+,15-/m0/s1. The Hall–Kier alpha value is 0.690. The van der Waals surface area contributed by atoms with Crippen LogP contribution in [-0.4, -0.2) is 111 Å². The second-order valence-electron chi connectivity index (χ2n) is 6.45. The molecule has 0 spiro atoms. The summed E-state index contributed by atoms with van der Waals surface area (Å²) >= 11 is 12.3. The quantitative estimate of drug-likeness (QED) is 0.154. The lowest BCUT2D eigenvalue weighted by atomic mass is 9.97. The largest absolute Gasteiger partial charge is 0.388 e. The fourth-order valence-corrected chi connectivity index (χ4v) is 3.68. The first-order valence-corrected chi connectivity index (χ1v) is 10.6. The maximum atomic E-state index is 10.5. The van der Waals surface area contributed by atoms with Crippen molar-refractivity contribution in [2.24, 2.45) is 0 Å². The van der Waals surface area contributed by atoms with Gasteiger partial charge >= 0.3 is 0 Å². The van der Waals surface area contributed by atoms with E-state index in [0.29, 0.717) is 18.8 Å². The summed E-state index contributed by atoms with van der Waals surface area (Å²) in [6, 6.07) is 0. The Kier molecular flexibility index (Phi) is 9.92. The van der Waals surface area contributed by atoms with E-state index in [1.54, 1.807) is 0 Å². The second-order valence-corrected chi connectivity index (χ2v) is 7.63. The van der Waals surface area contributed by atoms with Crippen molar-refractivity contribution in [2.75, 3.05) is 23.9 Å². The van der Waals surface area contributed by atoms with Crippen LogP contribution in [0.5, 0.6) is 0 Å². The molecular weight excluding hydrogens is 420 g/mol. The highest BCUT2D eigenvalue weighted by Crippen LogP contribution is 2.30. The van der Waals surface area contributed by atoms with Gasteiger partial charge in [-0.05, 0) is 12.2 Å². The van der Waals surface area contributed by atoms with E-state index in [9.17, 15) is 25.5 Å². The molecule has 5 N–H and O–H groups in total. The van der Waals surface area contributed by atoms with Gasteiger partial charge in [0.25, 0.3) is 0 Å². The first-order valence-electron chi connectivity index (χ1n) is 8.66. The summed E-state index contributed by atoms with van der Waals surface area (Å²) in [7, 11) is 0. The Morgan fingerprint density at radius 1 is 0.704 bits per heavy atom. The van der Waals surface area contributed by atoms with Crippen LogP contribution in [0, 0.1) is 0 Å². The highest BCUT2D eigenvalue weighted by atomic mass is 32.1. The van der Waals surface area contributed by atoms with Crippen molar-refractivity contribution in [1.29, 1.82) is 0 Å². The van der Waals surface area contributed by atoms with Crippen molar-refractivity contribution in [1.82, 2.24) is 0 Å². The van der Waals surface area contributed by atoms with E-state index in [1.807, 2.05) is 0 Å². The van der Waals surface area contributed by atoms with Crippen LogP contribution in [0.3, 0.4) is 0 Å². The highest BCUT2D eigenvalue weighted by molar-refractivity contribution is 7.80. The van der Waals surface area contributed by atoms with Gasteiger partial charge in [-0.2, -0.15) is 37.9 Å². The van der Waals surface area contributed by atoms with Crippen LogP contribution in [0.4, 0.5) is 0 Å². The molecule has 2 rings (SSSR count). The Balaban J connectivity index is 2.06. The first kappa shape index (κ1) is 24.0. The number of hydrogen-bond acceptors (Lipinski definition) is 12. The molecule has 2 saturated heterocycles. The van der Waals surface area contributed by atoms with Crippen LogP contribution in [0.25, 0.3) is 0 Å². The molecule has 12 heteroatoms. The molecule has 2 fully saturated rings. The van der Waals surface area contributed by atoms with Gasteiger partial charge in [-0.1, -0.05) is 0 Å². The van der Waals surface area contributed by atoms with Gasteiger partial charge in [0.15, 0.2) is 12.6 Å². The van der Waals surface area contributed by atoms with Crippen LogP contribution in [-0.2, 0) is 18.9 Å². The van der Waals surface area contributed by atoms with Crippen LogP contribution in [0.2, 0.25) is 0 Å². The van der Waals surface area contributed by atoms with Gasteiger partial charge in [-0.3, -0.25) is 0 Å². The monoisotopic (exact) mass is 448 g/mol. The second kappa shape index (κ2) is 11.2. The number of ether oxygens (including phenoxy) is 4. The summed E-state index contributed by atoms with van der Waals surface area (Å²) in [5.74, 6) is 0.809. The van der Waals surface area contributed by atoms with Crippen LogP contribution in [0.15, 0.2) is 0 Å². The molecule has 0 amide bonds. The van der Waals surface area contributed by atoms with Gasteiger partial charge in [0, 0.05) is 11.5 Å². The fourth-order valence-electron chi connectivity index (χ4n) is 2.96. The van der Waals surface area contributed by atoms with Crippen molar-refractivity contribution in [3.8, 4) is 0 Å². The zero-order valence-corrected chi connectivity index (χ0v) is 17.2. The topological polar surface area (TPSA) is 138 Å². The maximum absolute atomic E-state index is 10.5. The number of aliphatic hydroxyl groups excluding tert-OH is 5. The molecule has 0 aromatic rings. The lowest BCUT2D eigenvalue weighted by Gasteiger charge is -2.46. The third-order valence-electron chi connectivity index (χ3n) is 4.54. The van der Waals surface area contributed by atoms with Crippen molar-refractivity contribution in [3.05, 3.63) is 0 Å². The van der Waals surface area contributed by atoms with Crippen molar-refractivity contribution < 1.29 is 44.5 Å². The summed E-state index contributed by atoms with van der Waals surface area (Å²) in [4.78, 5) is 0. The molecule has 4 unspecified atom stereocenters. The predicted molar refractivity (Wildman–Crippen MR) is 104 cm³/mol. The van der Waals surface area contributed by atoms with Gasteiger partial charge < -0.3 is 44.5 Å². The molecule has 10 atom stereocenters. The molecule has 2 aliphatic rings. The van der Waals surface area contributed by atoms with Gasteiger partial charge in [-0.25, -0.2) is 0 Å². The van der Waals surface area contributed by atoms with Crippen LogP contribution in [0.1, 0.15) is 6.42 Å². The predicted octanol–water partition coefficient (Wildman–Crippen LogP) is -2.18. The van der Waals surface area contributed by atoms with Gasteiger partial charge in [0.05, 0.1) is 18.8 Å². The van der Waals surface area contributed by atoms with Gasteiger partial charge in [-0.15, -0.1) is 0 Å². The summed E-state index contributed by atoms with van der Waals surface area (Å²) < 4.78 is 22.1. The normalized spacial score (nSPS) is 45.8. The molecular formula is C15H28O9S3. The molecule has 9 nitrogen and oxygen atoms in total. The molecule has 0 radical (unpaired) electrons. The first-order chi connectivity index (χ1) is 12.8. The molecule has 2 heterocycles. The molecule has 160 valence electrons. The third kappa shape index (κ3) is 5.64. The van der Waals surface area contributed by atoms with Crippen molar-refractivity contribution in [2.45, 2.75) is 67.8 Å². The molecule has 2 aliphatic heterocycles. The van der Waals surface area contributed by atoms with E-state index >= 15 is 0 Å². The summed E-state index contributed by atoms with van der Waals surface area (Å²) in [6.45, 7) is 0.293. The molecule has 27 heavy (non-hydrogen) atoms. The highest BCUT2D eigenvalue weighted by Gasteiger charge is 2.50. The molecule has 0 aliphatic carbocycles. The lowest BCUT2D eigenvalue weighted by molar-refractivity contribution is -0.351. The Morgan fingerprint density at radius 2 is 1.30 bits per heavy atom.